The minimum Gasteiger partial charge on any atom is -0.316 e. The molecular formula is C9H10F3N5S. The quantitative estimate of drug-likeness (QED) is 0.904. The maximum atomic E-state index is 12.6. The van der Waals surface area contributed by atoms with Gasteiger partial charge < -0.3 is 5.32 Å². The summed E-state index contributed by atoms with van der Waals surface area (Å²) in [6.07, 6.45) is -4.52. The van der Waals surface area contributed by atoms with Gasteiger partial charge in [-0.3, -0.25) is 0 Å². The monoisotopic (exact) mass is 277 g/mol. The van der Waals surface area contributed by atoms with Gasteiger partial charge in [-0.15, -0.1) is 10.2 Å². The van der Waals surface area contributed by atoms with Crippen LogP contribution in [0.4, 0.5) is 13.2 Å². The molecule has 0 aliphatic carbocycles. The van der Waals surface area contributed by atoms with Crippen LogP contribution in [0.15, 0.2) is 0 Å². The molecule has 0 aromatic carbocycles. The molecule has 3 rings (SSSR count). The minimum absolute atomic E-state index is 0.138. The van der Waals surface area contributed by atoms with Crippen molar-refractivity contribution in [2.24, 2.45) is 5.92 Å². The number of halogens is 3. The fourth-order valence-electron chi connectivity index (χ4n) is 1.86. The Morgan fingerprint density at radius 3 is 2.67 bits per heavy atom. The van der Waals surface area contributed by atoms with E-state index >= 15 is 0 Å². The molecule has 1 aliphatic heterocycles. The van der Waals surface area contributed by atoms with Crippen LogP contribution in [0.2, 0.25) is 0 Å². The molecule has 1 aliphatic rings. The number of fused-ring (bicyclic) bond motifs is 1. The van der Waals surface area contributed by atoms with Gasteiger partial charge in [0.05, 0.1) is 0 Å². The molecule has 0 spiro atoms. The van der Waals surface area contributed by atoms with E-state index in [1.807, 2.05) is 6.92 Å². The SMILES string of the molecule is CC(c1nn2c(C(F)(F)F)nnc2s1)C1CNC1. The Morgan fingerprint density at radius 2 is 2.11 bits per heavy atom. The van der Waals surface area contributed by atoms with Gasteiger partial charge in [-0.1, -0.05) is 18.3 Å². The molecule has 2 aromatic rings. The van der Waals surface area contributed by atoms with Crippen LogP contribution in [0, 0.1) is 5.92 Å². The molecule has 1 N–H and O–H groups in total. The fraction of sp³-hybridized carbons (Fsp3) is 0.667. The smallest absolute Gasteiger partial charge is 0.316 e. The number of aromatic nitrogens is 4. The molecule has 0 amide bonds. The van der Waals surface area contributed by atoms with Crippen molar-refractivity contribution in [2.45, 2.75) is 19.0 Å². The lowest BCUT2D eigenvalue weighted by Crippen LogP contribution is -2.44. The lowest BCUT2D eigenvalue weighted by Gasteiger charge is -2.31. The van der Waals surface area contributed by atoms with Crippen molar-refractivity contribution in [2.75, 3.05) is 13.1 Å². The maximum Gasteiger partial charge on any atom is 0.453 e. The van der Waals surface area contributed by atoms with E-state index in [0.717, 1.165) is 17.6 Å². The Bertz CT molecular complexity index is 570. The second-order valence-electron chi connectivity index (χ2n) is 4.36. The van der Waals surface area contributed by atoms with E-state index in [2.05, 4.69) is 20.6 Å². The summed E-state index contributed by atoms with van der Waals surface area (Å²) in [5, 5.41) is 14.5. The standard InChI is InChI=1S/C9H10F3N5S/c1-4(5-2-13-3-5)6-16-17-7(9(10,11)12)14-15-8(17)18-6/h4-5,13H,2-3H2,1H3. The highest BCUT2D eigenvalue weighted by Gasteiger charge is 2.39. The predicted molar refractivity (Wildman–Crippen MR) is 58.4 cm³/mol. The zero-order valence-corrected chi connectivity index (χ0v) is 10.2. The van der Waals surface area contributed by atoms with Crippen LogP contribution in [-0.4, -0.2) is 32.9 Å². The van der Waals surface area contributed by atoms with Crippen molar-refractivity contribution >= 4 is 16.3 Å². The van der Waals surface area contributed by atoms with Crippen molar-refractivity contribution in [3.8, 4) is 0 Å². The molecule has 9 heteroatoms. The number of alkyl halides is 3. The Balaban J connectivity index is 1.98. The van der Waals surface area contributed by atoms with Gasteiger partial charge in [0.25, 0.3) is 5.82 Å². The normalized spacial score (nSPS) is 19.1. The third kappa shape index (κ3) is 1.77. The Morgan fingerprint density at radius 1 is 1.39 bits per heavy atom. The van der Waals surface area contributed by atoms with Crippen LogP contribution in [0.1, 0.15) is 23.7 Å². The zero-order chi connectivity index (χ0) is 12.9. The molecule has 0 radical (unpaired) electrons. The first-order chi connectivity index (χ1) is 8.47. The van der Waals surface area contributed by atoms with E-state index in [-0.39, 0.29) is 10.9 Å². The van der Waals surface area contributed by atoms with E-state index in [4.69, 9.17) is 0 Å². The molecule has 2 aromatic heterocycles. The van der Waals surface area contributed by atoms with E-state index in [9.17, 15) is 13.2 Å². The highest BCUT2D eigenvalue weighted by atomic mass is 32.1. The van der Waals surface area contributed by atoms with Gasteiger partial charge in [0.2, 0.25) is 4.96 Å². The third-order valence-electron chi connectivity index (χ3n) is 3.17. The van der Waals surface area contributed by atoms with Crippen molar-refractivity contribution in [3.05, 3.63) is 10.8 Å². The first-order valence-electron chi connectivity index (χ1n) is 5.47. The largest absolute Gasteiger partial charge is 0.453 e. The summed E-state index contributed by atoms with van der Waals surface area (Å²) in [5.74, 6) is -0.485. The van der Waals surface area contributed by atoms with Gasteiger partial charge in [0.15, 0.2) is 0 Å². The number of nitrogens with zero attached hydrogens (tertiary/aromatic N) is 4. The zero-order valence-electron chi connectivity index (χ0n) is 9.40. The summed E-state index contributed by atoms with van der Waals surface area (Å²) in [4.78, 5) is 0.191. The average molecular weight is 277 g/mol. The van der Waals surface area contributed by atoms with Crippen LogP contribution < -0.4 is 5.32 Å². The lowest BCUT2D eigenvalue weighted by atomic mass is 9.90. The predicted octanol–water partition coefficient (Wildman–Crippen LogP) is 1.53. The lowest BCUT2D eigenvalue weighted by molar-refractivity contribution is -0.146. The second-order valence-corrected chi connectivity index (χ2v) is 5.35. The van der Waals surface area contributed by atoms with E-state index in [0.29, 0.717) is 10.9 Å². The van der Waals surface area contributed by atoms with E-state index < -0.39 is 12.0 Å². The first-order valence-corrected chi connectivity index (χ1v) is 6.28. The van der Waals surface area contributed by atoms with Crippen LogP contribution >= 0.6 is 11.3 Å². The van der Waals surface area contributed by atoms with Crippen molar-refractivity contribution in [1.82, 2.24) is 25.1 Å². The summed E-state index contributed by atoms with van der Waals surface area (Å²) in [6.45, 7) is 3.74. The number of hydrogen-bond donors (Lipinski definition) is 1. The topological polar surface area (TPSA) is 55.1 Å². The van der Waals surface area contributed by atoms with Crippen LogP contribution in [-0.2, 0) is 6.18 Å². The van der Waals surface area contributed by atoms with E-state index in [1.165, 1.54) is 11.3 Å². The van der Waals surface area contributed by atoms with Crippen molar-refractivity contribution in [3.63, 3.8) is 0 Å². The number of hydrogen-bond acceptors (Lipinski definition) is 5. The Labute approximate surface area is 104 Å². The molecule has 0 saturated carbocycles. The van der Waals surface area contributed by atoms with Gasteiger partial charge >= 0.3 is 6.18 Å². The van der Waals surface area contributed by atoms with Gasteiger partial charge in [0.1, 0.15) is 5.01 Å². The average Bonchev–Trinajstić information content (AvgIpc) is 2.69. The van der Waals surface area contributed by atoms with Crippen LogP contribution in [0.25, 0.3) is 4.96 Å². The van der Waals surface area contributed by atoms with Crippen LogP contribution in [0.3, 0.4) is 0 Å². The van der Waals surface area contributed by atoms with Gasteiger partial charge in [-0.2, -0.15) is 22.8 Å². The summed E-state index contributed by atoms with van der Waals surface area (Å²) < 4.78 is 38.7. The minimum atomic E-state index is -4.52. The van der Waals surface area contributed by atoms with E-state index in [1.54, 1.807) is 0 Å². The summed E-state index contributed by atoms with van der Waals surface area (Å²) >= 11 is 1.17. The van der Waals surface area contributed by atoms with Crippen molar-refractivity contribution in [1.29, 1.82) is 0 Å². The number of rotatable bonds is 2. The maximum absolute atomic E-state index is 12.6. The number of nitrogens with one attached hydrogen (secondary N) is 1. The molecule has 18 heavy (non-hydrogen) atoms. The summed E-state index contributed by atoms with van der Waals surface area (Å²) in [5.41, 5.74) is 0. The van der Waals surface area contributed by atoms with Crippen LogP contribution in [0.5, 0.6) is 0 Å². The molecule has 1 unspecified atom stereocenters. The molecule has 1 fully saturated rings. The van der Waals surface area contributed by atoms with Gasteiger partial charge in [-0.05, 0) is 19.0 Å². The molecular weight excluding hydrogens is 267 g/mol. The molecule has 98 valence electrons. The summed E-state index contributed by atoms with van der Waals surface area (Å²) in [7, 11) is 0. The van der Waals surface area contributed by atoms with Gasteiger partial charge in [-0.25, -0.2) is 0 Å². The molecule has 5 nitrogen and oxygen atoms in total. The summed E-state index contributed by atoms with van der Waals surface area (Å²) in [6, 6.07) is 0. The molecule has 3 heterocycles. The van der Waals surface area contributed by atoms with Crippen molar-refractivity contribution < 1.29 is 13.2 Å². The third-order valence-corrected chi connectivity index (χ3v) is 4.27. The molecule has 1 saturated heterocycles. The highest BCUT2D eigenvalue weighted by Crippen LogP contribution is 2.33. The highest BCUT2D eigenvalue weighted by molar-refractivity contribution is 7.16. The first kappa shape index (κ1) is 11.8. The molecule has 1 atom stereocenters. The van der Waals surface area contributed by atoms with Gasteiger partial charge in [0, 0.05) is 5.92 Å². The molecule has 0 bridgehead atoms. The fourth-order valence-corrected chi connectivity index (χ4v) is 2.84. The second kappa shape index (κ2) is 3.89. The Hall–Kier alpha value is -1.22. The Kier molecular flexibility index (Phi) is 2.56.